The molecule has 248 valence electrons. The van der Waals surface area contributed by atoms with E-state index < -0.39 is 17.3 Å². The third kappa shape index (κ3) is 7.47. The Kier molecular flexibility index (Phi) is 9.96. The van der Waals surface area contributed by atoms with Crippen LogP contribution in [-0.2, 0) is 0 Å². The van der Waals surface area contributed by atoms with E-state index in [4.69, 9.17) is 14.2 Å². The predicted molar refractivity (Wildman–Crippen MR) is 182 cm³/mol. The fourth-order valence-electron chi connectivity index (χ4n) is 5.73. The number of anilines is 1. The number of ether oxygens (including phenoxy) is 3. The molecule has 1 amide bonds. The molecule has 1 N–H and O–H groups in total. The van der Waals surface area contributed by atoms with E-state index in [9.17, 15) is 9.59 Å². The Morgan fingerprint density at radius 1 is 0.979 bits per heavy atom. The first-order valence-corrected chi connectivity index (χ1v) is 16.1. The largest absolute Gasteiger partial charge is 0.493 e. The minimum absolute atomic E-state index is 0.0383. The van der Waals surface area contributed by atoms with Crippen LogP contribution in [0.1, 0.15) is 42.2 Å². The summed E-state index contributed by atoms with van der Waals surface area (Å²) < 4.78 is 34.2. The molecule has 1 fully saturated rings. The van der Waals surface area contributed by atoms with Gasteiger partial charge >= 0.3 is 0 Å². The number of methoxy groups -OCH3 is 1. The second-order valence-electron chi connectivity index (χ2n) is 12.0. The number of carbonyl (C=O) groups is 1. The van der Waals surface area contributed by atoms with Gasteiger partial charge in [-0.25, -0.2) is 4.39 Å². The number of halogens is 1. The summed E-state index contributed by atoms with van der Waals surface area (Å²) in [5.41, 5.74) is 1.24. The van der Waals surface area contributed by atoms with Crippen LogP contribution in [0.3, 0.4) is 0 Å². The molecular weight excluding hydrogens is 613 g/mol. The van der Waals surface area contributed by atoms with Crippen molar-refractivity contribution in [3.05, 3.63) is 106 Å². The van der Waals surface area contributed by atoms with Crippen LogP contribution in [0, 0.1) is 18.7 Å². The van der Waals surface area contributed by atoms with Crippen molar-refractivity contribution in [1.82, 2.24) is 19.7 Å². The zero-order valence-corrected chi connectivity index (χ0v) is 27.2. The summed E-state index contributed by atoms with van der Waals surface area (Å²) >= 11 is 0. The fourth-order valence-corrected chi connectivity index (χ4v) is 5.73. The number of aryl methyl sites for hydroxylation is 1. The molecule has 5 aromatic rings. The van der Waals surface area contributed by atoms with E-state index >= 15 is 4.39 Å². The van der Waals surface area contributed by atoms with E-state index in [1.54, 1.807) is 62.7 Å². The lowest BCUT2D eigenvalue weighted by Crippen LogP contribution is -2.34. The topological polar surface area (TPSA) is 108 Å². The predicted octanol–water partition coefficient (Wildman–Crippen LogP) is 6.78. The summed E-state index contributed by atoms with van der Waals surface area (Å²) in [6, 6.07) is 19.4. The summed E-state index contributed by atoms with van der Waals surface area (Å²) in [4.78, 5) is 32.8. The number of pyridine rings is 1. The average molecular weight is 652 g/mol. The van der Waals surface area contributed by atoms with Crippen LogP contribution in [0.15, 0.2) is 83.8 Å². The van der Waals surface area contributed by atoms with Crippen LogP contribution >= 0.6 is 0 Å². The van der Waals surface area contributed by atoms with E-state index in [1.807, 2.05) is 6.07 Å². The second kappa shape index (κ2) is 14.6. The highest BCUT2D eigenvalue weighted by Crippen LogP contribution is 2.38. The molecule has 3 aromatic carbocycles. The molecular formula is C37H38FN5O5. The normalized spacial score (nSPS) is 13.8. The van der Waals surface area contributed by atoms with Gasteiger partial charge in [-0.3, -0.25) is 14.6 Å². The number of likely N-dealkylation sites (tertiary alicyclic amines) is 1. The van der Waals surface area contributed by atoms with E-state index in [0.29, 0.717) is 46.0 Å². The second-order valence-corrected chi connectivity index (χ2v) is 12.0. The standard InChI is InChI=1S/C37H38FN5O5/c1-24-13-17-42(18-14-24)16-7-19-47-34-23-30-28(22-33(34)46-3)31(12-15-39-30)48-32-11-10-27(21-29(32)38)43-35(44)20-25(2)36(41-43)37(45)40-26-8-5-4-6-9-26/h4-6,8-12,15,20-24H,7,13-14,16-19H2,1-3H3,(H,40,45). The SMILES string of the molecule is COc1cc2c(Oc3ccc(-n4nc(C(=O)Nc5ccccc5)c(C)cc4=O)cc3F)ccnc2cc1OCCCN1CCC(C)CC1. The van der Waals surface area contributed by atoms with E-state index in [2.05, 4.69) is 27.2 Å². The van der Waals surface area contributed by atoms with Crippen LogP contribution in [0.25, 0.3) is 16.6 Å². The highest BCUT2D eigenvalue weighted by molar-refractivity contribution is 6.03. The quantitative estimate of drug-likeness (QED) is 0.156. The molecule has 0 radical (unpaired) electrons. The molecule has 0 saturated carbocycles. The zero-order valence-electron chi connectivity index (χ0n) is 27.2. The Labute approximate surface area is 278 Å². The third-order valence-electron chi connectivity index (χ3n) is 8.49. The van der Waals surface area contributed by atoms with Crippen LogP contribution in [0.2, 0.25) is 0 Å². The van der Waals surface area contributed by atoms with Gasteiger partial charge in [-0.2, -0.15) is 9.78 Å². The smallest absolute Gasteiger partial charge is 0.276 e. The maximum absolute atomic E-state index is 15.5. The minimum Gasteiger partial charge on any atom is -0.493 e. The minimum atomic E-state index is -0.725. The molecule has 1 aliphatic rings. The first-order valence-electron chi connectivity index (χ1n) is 16.1. The number of hydrogen-bond donors (Lipinski definition) is 1. The number of aromatic nitrogens is 3. The molecule has 2 aromatic heterocycles. The Bertz CT molecular complexity index is 1980. The summed E-state index contributed by atoms with van der Waals surface area (Å²) in [7, 11) is 1.57. The lowest BCUT2D eigenvalue weighted by molar-refractivity contribution is 0.102. The summed E-state index contributed by atoms with van der Waals surface area (Å²) in [6.45, 7) is 7.72. The van der Waals surface area contributed by atoms with Gasteiger partial charge < -0.3 is 24.4 Å². The molecule has 48 heavy (non-hydrogen) atoms. The number of nitrogens with one attached hydrogen (secondary N) is 1. The number of benzene rings is 3. The van der Waals surface area contributed by atoms with Gasteiger partial charge in [0.25, 0.3) is 11.5 Å². The Hall–Kier alpha value is -5.29. The van der Waals surface area contributed by atoms with Gasteiger partial charge in [0, 0.05) is 42.0 Å². The molecule has 11 heteroatoms. The van der Waals surface area contributed by atoms with Crippen molar-refractivity contribution in [2.24, 2.45) is 5.92 Å². The maximum atomic E-state index is 15.5. The first kappa shape index (κ1) is 32.6. The van der Waals surface area contributed by atoms with Crippen molar-refractivity contribution in [3.8, 4) is 28.7 Å². The number of nitrogens with zero attached hydrogens (tertiary/aromatic N) is 4. The molecule has 6 rings (SSSR count). The first-order chi connectivity index (χ1) is 23.3. The van der Waals surface area contributed by atoms with Crippen molar-refractivity contribution in [3.63, 3.8) is 0 Å². The molecule has 3 heterocycles. The lowest BCUT2D eigenvalue weighted by Gasteiger charge is -2.30. The number of para-hydroxylation sites is 1. The average Bonchev–Trinajstić information content (AvgIpc) is 3.08. The third-order valence-corrected chi connectivity index (χ3v) is 8.49. The number of carbonyl (C=O) groups excluding carboxylic acids is 1. The van der Waals surface area contributed by atoms with Crippen molar-refractivity contribution >= 4 is 22.5 Å². The van der Waals surface area contributed by atoms with Gasteiger partial charge in [-0.1, -0.05) is 25.1 Å². The van der Waals surface area contributed by atoms with Gasteiger partial charge in [0.2, 0.25) is 0 Å². The van der Waals surface area contributed by atoms with Crippen molar-refractivity contribution in [2.75, 3.05) is 38.7 Å². The van der Waals surface area contributed by atoms with E-state index in [-0.39, 0.29) is 17.1 Å². The van der Waals surface area contributed by atoms with E-state index in [0.717, 1.165) is 42.7 Å². The molecule has 0 bridgehead atoms. The fraction of sp³-hybridized carbons (Fsp3) is 0.297. The highest BCUT2D eigenvalue weighted by Gasteiger charge is 2.19. The van der Waals surface area contributed by atoms with Gasteiger partial charge in [0.05, 0.1) is 24.9 Å². The zero-order chi connectivity index (χ0) is 33.6. The molecule has 0 spiro atoms. The van der Waals surface area contributed by atoms with Crippen LogP contribution in [0.5, 0.6) is 23.0 Å². The van der Waals surface area contributed by atoms with Gasteiger partial charge in [-0.15, -0.1) is 0 Å². The number of amides is 1. The highest BCUT2D eigenvalue weighted by atomic mass is 19.1. The Morgan fingerprint density at radius 2 is 1.77 bits per heavy atom. The maximum Gasteiger partial charge on any atom is 0.276 e. The Morgan fingerprint density at radius 3 is 2.52 bits per heavy atom. The van der Waals surface area contributed by atoms with E-state index in [1.165, 1.54) is 31.0 Å². The van der Waals surface area contributed by atoms with Gasteiger partial charge in [-0.05, 0) is 87.2 Å². The van der Waals surface area contributed by atoms with Crippen molar-refractivity contribution in [2.45, 2.75) is 33.1 Å². The van der Waals surface area contributed by atoms with Gasteiger partial charge in [0.1, 0.15) is 5.75 Å². The number of piperidine rings is 1. The summed E-state index contributed by atoms with van der Waals surface area (Å²) in [6.07, 6.45) is 4.96. The lowest BCUT2D eigenvalue weighted by atomic mass is 9.99. The van der Waals surface area contributed by atoms with Gasteiger partial charge in [0.15, 0.2) is 28.8 Å². The summed E-state index contributed by atoms with van der Waals surface area (Å²) in [5.74, 6) is 0.964. The number of rotatable bonds is 11. The van der Waals surface area contributed by atoms with Crippen LogP contribution in [-0.4, -0.2) is 58.9 Å². The molecule has 0 unspecified atom stereocenters. The van der Waals surface area contributed by atoms with Crippen molar-refractivity contribution < 1.29 is 23.4 Å². The van der Waals surface area contributed by atoms with Crippen LogP contribution in [0.4, 0.5) is 10.1 Å². The number of hydrogen-bond acceptors (Lipinski definition) is 8. The molecule has 10 nitrogen and oxygen atoms in total. The molecule has 0 aliphatic carbocycles. The Balaban J connectivity index is 1.18. The summed E-state index contributed by atoms with van der Waals surface area (Å²) in [5, 5.41) is 7.63. The monoisotopic (exact) mass is 651 g/mol. The van der Waals surface area contributed by atoms with Crippen LogP contribution < -0.4 is 25.1 Å². The van der Waals surface area contributed by atoms with Crippen molar-refractivity contribution in [1.29, 1.82) is 0 Å². The molecule has 1 saturated heterocycles. The molecule has 0 atom stereocenters. The molecule has 1 aliphatic heterocycles. The number of fused-ring (bicyclic) bond motifs is 1.